The highest BCUT2D eigenvalue weighted by atomic mass is 35.5. The van der Waals surface area contributed by atoms with E-state index in [1.54, 1.807) is 25.8 Å². The maximum absolute atomic E-state index is 11.9. The van der Waals surface area contributed by atoms with E-state index >= 15 is 0 Å². The van der Waals surface area contributed by atoms with Crippen molar-refractivity contribution in [3.63, 3.8) is 0 Å². The van der Waals surface area contributed by atoms with Crippen LogP contribution in [0.5, 0.6) is 0 Å². The monoisotopic (exact) mass is 256 g/mol. The molecule has 0 aliphatic carbocycles. The number of hydrogen-bond acceptors (Lipinski definition) is 2. The zero-order chi connectivity index (χ0) is 12.3. The summed E-state index contributed by atoms with van der Waals surface area (Å²) in [5.41, 5.74) is 7.29. The molecule has 1 aromatic rings. The molecule has 4 heteroatoms. The molecule has 1 rings (SSSR count). The molecule has 0 spiro atoms. The van der Waals surface area contributed by atoms with Crippen LogP contribution in [-0.4, -0.2) is 23.4 Å². The quantitative estimate of drug-likeness (QED) is 0.901. The Hall–Kier alpha value is -1.06. The number of halogens is 1. The molecule has 0 aliphatic rings. The smallest absolute Gasteiger partial charge is 0.242 e. The van der Waals surface area contributed by atoms with Crippen LogP contribution in [0.1, 0.15) is 25.0 Å². The van der Waals surface area contributed by atoms with Crippen molar-refractivity contribution in [2.75, 3.05) is 7.05 Å². The average Bonchev–Trinajstić information content (AvgIpc) is 2.15. The van der Waals surface area contributed by atoms with Crippen LogP contribution in [0.2, 0.25) is 0 Å². The SMILES string of the molecule is Cc1cccc(CN(C)C(=O)C(C)(C)N)c1.Cl. The van der Waals surface area contributed by atoms with Crippen molar-refractivity contribution in [2.45, 2.75) is 32.9 Å². The number of amides is 1. The summed E-state index contributed by atoms with van der Waals surface area (Å²) in [6.07, 6.45) is 0. The molecule has 0 radical (unpaired) electrons. The van der Waals surface area contributed by atoms with Gasteiger partial charge >= 0.3 is 0 Å². The van der Waals surface area contributed by atoms with Crippen molar-refractivity contribution in [2.24, 2.45) is 5.73 Å². The Morgan fingerprint density at radius 3 is 2.47 bits per heavy atom. The maximum Gasteiger partial charge on any atom is 0.242 e. The maximum atomic E-state index is 11.9. The van der Waals surface area contributed by atoms with Crippen molar-refractivity contribution in [3.8, 4) is 0 Å². The zero-order valence-corrected chi connectivity index (χ0v) is 11.7. The molecule has 0 unspecified atom stereocenters. The van der Waals surface area contributed by atoms with Gasteiger partial charge in [0.25, 0.3) is 0 Å². The minimum absolute atomic E-state index is 0. The Labute approximate surface area is 109 Å². The first-order valence-electron chi connectivity index (χ1n) is 5.40. The fourth-order valence-electron chi connectivity index (χ4n) is 1.65. The lowest BCUT2D eigenvalue weighted by atomic mass is 10.0. The summed E-state index contributed by atoms with van der Waals surface area (Å²) in [6.45, 7) is 6.09. The standard InChI is InChI=1S/C13H20N2O.ClH/c1-10-6-5-7-11(8-10)9-15(4)12(16)13(2,3)14;/h5-8H,9,14H2,1-4H3;1H. The molecular weight excluding hydrogens is 236 g/mol. The number of aryl methyl sites for hydroxylation is 1. The Bertz CT molecular complexity index is 385. The van der Waals surface area contributed by atoms with E-state index in [-0.39, 0.29) is 18.3 Å². The summed E-state index contributed by atoms with van der Waals surface area (Å²) in [7, 11) is 1.78. The van der Waals surface area contributed by atoms with Gasteiger partial charge in [0, 0.05) is 13.6 Å². The van der Waals surface area contributed by atoms with E-state index in [0.717, 1.165) is 5.56 Å². The van der Waals surface area contributed by atoms with E-state index in [2.05, 4.69) is 6.07 Å². The molecule has 1 aromatic carbocycles. The van der Waals surface area contributed by atoms with Crippen molar-refractivity contribution in [3.05, 3.63) is 35.4 Å². The molecule has 3 nitrogen and oxygen atoms in total. The topological polar surface area (TPSA) is 46.3 Å². The highest BCUT2D eigenvalue weighted by Crippen LogP contribution is 2.09. The third kappa shape index (κ3) is 4.75. The summed E-state index contributed by atoms with van der Waals surface area (Å²) in [4.78, 5) is 13.5. The molecular formula is C13H21ClN2O. The van der Waals surface area contributed by atoms with Gasteiger partial charge in [-0.05, 0) is 26.3 Å². The van der Waals surface area contributed by atoms with E-state index in [1.807, 2.05) is 25.1 Å². The van der Waals surface area contributed by atoms with Crippen molar-refractivity contribution in [1.82, 2.24) is 4.90 Å². The Balaban J connectivity index is 0.00000256. The van der Waals surface area contributed by atoms with Gasteiger partial charge < -0.3 is 10.6 Å². The van der Waals surface area contributed by atoms with E-state index in [4.69, 9.17) is 5.73 Å². The van der Waals surface area contributed by atoms with Gasteiger partial charge in [-0.25, -0.2) is 0 Å². The van der Waals surface area contributed by atoms with Crippen LogP contribution in [0.25, 0.3) is 0 Å². The molecule has 0 bridgehead atoms. The highest BCUT2D eigenvalue weighted by Gasteiger charge is 2.25. The molecule has 96 valence electrons. The first-order chi connectivity index (χ1) is 7.30. The lowest BCUT2D eigenvalue weighted by Crippen LogP contribution is -2.49. The summed E-state index contributed by atoms with van der Waals surface area (Å²) < 4.78 is 0. The average molecular weight is 257 g/mol. The molecule has 0 saturated carbocycles. The number of rotatable bonds is 3. The number of benzene rings is 1. The summed E-state index contributed by atoms with van der Waals surface area (Å²) >= 11 is 0. The van der Waals surface area contributed by atoms with Gasteiger partial charge in [-0.2, -0.15) is 0 Å². The van der Waals surface area contributed by atoms with E-state index in [1.165, 1.54) is 5.56 Å². The number of hydrogen-bond donors (Lipinski definition) is 1. The molecule has 0 heterocycles. The number of nitrogens with two attached hydrogens (primary N) is 1. The lowest BCUT2D eigenvalue weighted by molar-refractivity contribution is -0.134. The first-order valence-corrected chi connectivity index (χ1v) is 5.40. The predicted molar refractivity (Wildman–Crippen MR) is 73.2 cm³/mol. The Kier molecular flexibility index (Phi) is 5.66. The fourth-order valence-corrected chi connectivity index (χ4v) is 1.65. The van der Waals surface area contributed by atoms with Crippen LogP contribution in [0.15, 0.2) is 24.3 Å². The molecule has 2 N–H and O–H groups in total. The number of carbonyl (C=O) groups excluding carboxylic acids is 1. The normalized spacial score (nSPS) is 10.6. The van der Waals surface area contributed by atoms with Gasteiger partial charge in [-0.3, -0.25) is 4.79 Å². The molecule has 17 heavy (non-hydrogen) atoms. The molecule has 0 aromatic heterocycles. The molecule has 0 fully saturated rings. The highest BCUT2D eigenvalue weighted by molar-refractivity contribution is 5.85. The van der Waals surface area contributed by atoms with E-state index in [0.29, 0.717) is 6.54 Å². The van der Waals surface area contributed by atoms with Crippen LogP contribution in [-0.2, 0) is 11.3 Å². The number of likely N-dealkylation sites (N-methyl/N-ethyl adjacent to an activating group) is 1. The summed E-state index contributed by atoms with van der Waals surface area (Å²) in [6, 6.07) is 8.13. The molecule has 0 aliphatic heterocycles. The van der Waals surface area contributed by atoms with Gasteiger partial charge in [0.2, 0.25) is 5.91 Å². The number of carbonyl (C=O) groups is 1. The van der Waals surface area contributed by atoms with Crippen LogP contribution in [0, 0.1) is 6.92 Å². The van der Waals surface area contributed by atoms with Crippen molar-refractivity contribution < 1.29 is 4.79 Å². The summed E-state index contributed by atoms with van der Waals surface area (Å²) in [5.74, 6) is -0.0472. The van der Waals surface area contributed by atoms with Crippen LogP contribution >= 0.6 is 12.4 Å². The molecule has 0 saturated heterocycles. The minimum Gasteiger partial charge on any atom is -0.340 e. The minimum atomic E-state index is -0.807. The number of nitrogens with zero attached hydrogens (tertiary/aromatic N) is 1. The third-order valence-electron chi connectivity index (χ3n) is 2.40. The van der Waals surface area contributed by atoms with Gasteiger partial charge in [0.15, 0.2) is 0 Å². The fraction of sp³-hybridized carbons (Fsp3) is 0.462. The zero-order valence-electron chi connectivity index (χ0n) is 10.9. The van der Waals surface area contributed by atoms with Crippen LogP contribution in [0.3, 0.4) is 0 Å². The second kappa shape index (κ2) is 6.03. The van der Waals surface area contributed by atoms with Gasteiger partial charge in [-0.1, -0.05) is 29.8 Å². The van der Waals surface area contributed by atoms with Crippen molar-refractivity contribution in [1.29, 1.82) is 0 Å². The lowest BCUT2D eigenvalue weighted by Gasteiger charge is -2.26. The van der Waals surface area contributed by atoms with Gasteiger partial charge in [0.1, 0.15) is 0 Å². The largest absolute Gasteiger partial charge is 0.340 e. The summed E-state index contributed by atoms with van der Waals surface area (Å²) in [5, 5.41) is 0. The first kappa shape index (κ1) is 15.9. The second-order valence-corrected chi connectivity index (χ2v) is 4.87. The second-order valence-electron chi connectivity index (χ2n) is 4.87. The molecule has 0 atom stereocenters. The van der Waals surface area contributed by atoms with Crippen LogP contribution < -0.4 is 5.73 Å². The Morgan fingerprint density at radius 2 is 2.00 bits per heavy atom. The van der Waals surface area contributed by atoms with Gasteiger partial charge in [-0.15, -0.1) is 12.4 Å². The van der Waals surface area contributed by atoms with E-state index < -0.39 is 5.54 Å². The van der Waals surface area contributed by atoms with Gasteiger partial charge in [0.05, 0.1) is 5.54 Å². The third-order valence-corrected chi connectivity index (χ3v) is 2.40. The Morgan fingerprint density at radius 1 is 1.41 bits per heavy atom. The predicted octanol–water partition coefficient (Wildman–Crippen LogP) is 2.11. The van der Waals surface area contributed by atoms with Crippen molar-refractivity contribution >= 4 is 18.3 Å². The molecule has 1 amide bonds. The van der Waals surface area contributed by atoms with E-state index in [9.17, 15) is 4.79 Å². The van der Waals surface area contributed by atoms with Crippen LogP contribution in [0.4, 0.5) is 0 Å².